The molecule has 2 aromatic heterocycles. The topological polar surface area (TPSA) is 82.3 Å². The summed E-state index contributed by atoms with van der Waals surface area (Å²) in [7, 11) is 1.93. The Morgan fingerprint density at radius 1 is 1.17 bits per heavy atom. The van der Waals surface area contributed by atoms with E-state index in [1.807, 2.05) is 54.1 Å². The number of hydrogen-bond donors (Lipinski definition) is 0. The molecule has 2 aromatic carbocycles. The molecule has 35 heavy (non-hydrogen) atoms. The first-order chi connectivity index (χ1) is 17.0. The maximum atomic E-state index is 13.1. The first-order valence-corrected chi connectivity index (χ1v) is 12.3. The molecule has 0 radical (unpaired) electrons. The number of benzene rings is 2. The summed E-state index contributed by atoms with van der Waals surface area (Å²) in [4.78, 5) is 21.7. The Labute approximate surface area is 208 Å². The maximum absolute atomic E-state index is 13.1. The van der Waals surface area contributed by atoms with Crippen molar-refractivity contribution < 1.29 is 9.53 Å². The van der Waals surface area contributed by atoms with Crippen molar-refractivity contribution in [2.45, 2.75) is 23.8 Å². The number of carbonyl (C=O) groups excluding carboxylic acids is 1. The number of hydrogen-bond acceptors (Lipinski definition) is 7. The molecule has 0 fully saturated rings. The van der Waals surface area contributed by atoms with Gasteiger partial charge in [0.25, 0.3) is 0 Å². The average molecular weight is 484 g/mol. The highest BCUT2D eigenvalue weighted by Gasteiger charge is 2.14. The van der Waals surface area contributed by atoms with Gasteiger partial charge < -0.3 is 9.30 Å². The van der Waals surface area contributed by atoms with Gasteiger partial charge in [-0.05, 0) is 59.4 Å². The summed E-state index contributed by atoms with van der Waals surface area (Å²) in [6.07, 6.45) is 7.51. The summed E-state index contributed by atoms with van der Waals surface area (Å²) in [6.45, 7) is 3.32. The van der Waals surface area contributed by atoms with E-state index < -0.39 is 0 Å². The van der Waals surface area contributed by atoms with Gasteiger partial charge in [-0.2, -0.15) is 0 Å². The van der Waals surface area contributed by atoms with Gasteiger partial charge in [0.15, 0.2) is 10.9 Å². The Bertz CT molecular complexity index is 1440. The summed E-state index contributed by atoms with van der Waals surface area (Å²) in [6, 6.07) is 15.8. The molecule has 8 heteroatoms. The minimum absolute atomic E-state index is 0.0164. The van der Waals surface area contributed by atoms with Gasteiger partial charge in [-0.1, -0.05) is 36.0 Å². The van der Waals surface area contributed by atoms with E-state index in [1.54, 1.807) is 30.5 Å². The number of aromatic nitrogens is 4. The summed E-state index contributed by atoms with van der Waals surface area (Å²) in [5, 5.41) is 11.0. The van der Waals surface area contributed by atoms with Gasteiger partial charge in [0.2, 0.25) is 0 Å². The third-order valence-corrected chi connectivity index (χ3v) is 7.06. The largest absolute Gasteiger partial charge is 0.489 e. The smallest absolute Gasteiger partial charge is 0.191 e. The van der Waals surface area contributed by atoms with Crippen molar-refractivity contribution in [2.75, 3.05) is 13.2 Å². The zero-order valence-electron chi connectivity index (χ0n) is 19.6. The van der Waals surface area contributed by atoms with Gasteiger partial charge in [0.05, 0.1) is 6.54 Å². The standard InChI is InChI=1S/C27H25N5O2S/c1-18(35-27-31-30-17-32(27)2)21-5-3-4-19(10-21)11-26(33)25-13-23-12-24(7-6-22(23)15-29-25)34-16-20-8-9-28-14-20/h3-10,12-13,15,17-18H,11,14,16H2,1-2H3/t18-/m0/s1. The SMILES string of the molecule is C[C@H](Sc1nncn1C)c1cccc(CC(=O)c2cc3cc(OCC4=CC=NC4)ccc3cn2)c1. The minimum atomic E-state index is -0.0164. The number of aliphatic imine (C=N–C) groups is 1. The molecule has 3 heterocycles. The van der Waals surface area contributed by atoms with Crippen molar-refractivity contribution in [2.24, 2.45) is 12.0 Å². The van der Waals surface area contributed by atoms with E-state index in [9.17, 15) is 4.79 Å². The predicted molar refractivity (Wildman–Crippen MR) is 138 cm³/mol. The van der Waals surface area contributed by atoms with Crippen molar-refractivity contribution in [1.82, 2.24) is 19.7 Å². The number of Topliss-reactive ketones (excluding diaryl/α,β-unsaturated/α-hetero) is 1. The van der Waals surface area contributed by atoms with Gasteiger partial charge in [-0.3, -0.25) is 14.8 Å². The van der Waals surface area contributed by atoms with Crippen LogP contribution in [0.15, 0.2) is 82.9 Å². The Balaban J connectivity index is 1.28. The van der Waals surface area contributed by atoms with E-state index in [-0.39, 0.29) is 17.5 Å². The number of ether oxygens (including phenoxy) is 1. The monoisotopic (exact) mass is 483 g/mol. The van der Waals surface area contributed by atoms with Crippen LogP contribution in [0.4, 0.5) is 0 Å². The first-order valence-electron chi connectivity index (χ1n) is 11.4. The van der Waals surface area contributed by atoms with Gasteiger partial charge in [-0.25, -0.2) is 0 Å². The third kappa shape index (κ3) is 5.49. The molecule has 7 nitrogen and oxygen atoms in total. The molecule has 0 N–H and O–H groups in total. The number of pyridine rings is 1. The molecule has 0 saturated heterocycles. The highest BCUT2D eigenvalue weighted by Crippen LogP contribution is 2.33. The molecular weight excluding hydrogens is 458 g/mol. The van der Waals surface area contributed by atoms with Crippen molar-refractivity contribution >= 4 is 34.5 Å². The van der Waals surface area contributed by atoms with Crippen molar-refractivity contribution in [3.05, 3.63) is 89.5 Å². The molecule has 0 spiro atoms. The second-order valence-corrected chi connectivity index (χ2v) is 9.82. The van der Waals surface area contributed by atoms with E-state index >= 15 is 0 Å². The number of thioether (sulfide) groups is 1. The van der Waals surface area contributed by atoms with Crippen LogP contribution < -0.4 is 4.74 Å². The number of rotatable bonds is 9. The third-order valence-electron chi connectivity index (χ3n) is 5.85. The molecule has 0 bridgehead atoms. The van der Waals surface area contributed by atoms with Gasteiger partial charge in [0, 0.05) is 36.5 Å². The Kier molecular flexibility index (Phi) is 6.72. The molecule has 0 saturated carbocycles. The lowest BCUT2D eigenvalue weighted by atomic mass is 10.0. The summed E-state index contributed by atoms with van der Waals surface area (Å²) >= 11 is 1.64. The number of carbonyl (C=O) groups is 1. The fraction of sp³-hybridized carbons (Fsp3) is 0.222. The summed E-state index contributed by atoms with van der Waals surface area (Å²) < 4.78 is 7.81. The van der Waals surface area contributed by atoms with Crippen LogP contribution in [0.5, 0.6) is 5.75 Å². The Hall–Kier alpha value is -3.78. The normalized spacial score (nSPS) is 13.7. The van der Waals surface area contributed by atoms with Crippen LogP contribution in [0.25, 0.3) is 10.8 Å². The van der Waals surface area contributed by atoms with E-state index in [0.717, 1.165) is 38.4 Å². The molecular formula is C27H25N5O2S. The summed E-state index contributed by atoms with van der Waals surface area (Å²) in [5.74, 6) is 0.745. The van der Waals surface area contributed by atoms with E-state index in [4.69, 9.17) is 4.74 Å². The van der Waals surface area contributed by atoms with Gasteiger partial charge in [-0.15, -0.1) is 10.2 Å². The lowest BCUT2D eigenvalue weighted by Gasteiger charge is -2.12. The van der Waals surface area contributed by atoms with E-state index in [1.165, 1.54) is 0 Å². The van der Waals surface area contributed by atoms with E-state index in [2.05, 4.69) is 39.2 Å². The number of fused-ring (bicyclic) bond motifs is 1. The molecule has 0 amide bonds. The first kappa shape index (κ1) is 23.0. The summed E-state index contributed by atoms with van der Waals surface area (Å²) in [5.41, 5.74) is 3.69. The lowest BCUT2D eigenvalue weighted by Crippen LogP contribution is -2.06. The van der Waals surface area contributed by atoms with Gasteiger partial charge >= 0.3 is 0 Å². The van der Waals surface area contributed by atoms with Crippen LogP contribution in [0.2, 0.25) is 0 Å². The van der Waals surface area contributed by atoms with Crippen LogP contribution in [0.3, 0.4) is 0 Å². The molecule has 0 aliphatic carbocycles. The molecule has 5 rings (SSSR count). The zero-order chi connectivity index (χ0) is 24.2. The second kappa shape index (κ2) is 10.2. The Morgan fingerprint density at radius 2 is 2.09 bits per heavy atom. The van der Waals surface area contributed by atoms with Crippen molar-refractivity contribution in [1.29, 1.82) is 0 Å². The second-order valence-electron chi connectivity index (χ2n) is 8.51. The Morgan fingerprint density at radius 3 is 2.89 bits per heavy atom. The molecule has 1 atom stereocenters. The molecule has 1 aliphatic heterocycles. The van der Waals surface area contributed by atoms with E-state index in [0.29, 0.717) is 18.8 Å². The number of aryl methyl sites for hydroxylation is 1. The predicted octanol–water partition coefficient (Wildman–Crippen LogP) is 5.03. The minimum Gasteiger partial charge on any atom is -0.489 e. The van der Waals surface area contributed by atoms with Crippen LogP contribution in [0.1, 0.15) is 33.8 Å². The van der Waals surface area contributed by atoms with Crippen LogP contribution in [-0.4, -0.2) is 44.9 Å². The lowest BCUT2D eigenvalue weighted by molar-refractivity contribution is 0.0988. The molecule has 0 unspecified atom stereocenters. The van der Waals surface area contributed by atoms with Crippen LogP contribution in [-0.2, 0) is 13.5 Å². The molecule has 176 valence electrons. The quantitative estimate of drug-likeness (QED) is 0.245. The fourth-order valence-corrected chi connectivity index (χ4v) is 4.76. The van der Waals surface area contributed by atoms with Crippen molar-refractivity contribution in [3.63, 3.8) is 0 Å². The fourth-order valence-electron chi connectivity index (χ4n) is 3.85. The molecule has 4 aromatic rings. The number of ketones is 1. The number of allylic oxidation sites excluding steroid dienone is 1. The van der Waals surface area contributed by atoms with Crippen LogP contribution >= 0.6 is 11.8 Å². The average Bonchev–Trinajstić information content (AvgIpc) is 3.54. The maximum Gasteiger partial charge on any atom is 0.191 e. The zero-order valence-corrected chi connectivity index (χ0v) is 20.4. The van der Waals surface area contributed by atoms with Crippen molar-refractivity contribution in [3.8, 4) is 5.75 Å². The van der Waals surface area contributed by atoms with Gasteiger partial charge in [0.1, 0.15) is 24.4 Å². The highest BCUT2D eigenvalue weighted by molar-refractivity contribution is 7.99. The molecule has 1 aliphatic rings. The highest BCUT2D eigenvalue weighted by atomic mass is 32.2. The van der Waals surface area contributed by atoms with Crippen LogP contribution in [0, 0.1) is 0 Å². The number of nitrogens with zero attached hydrogens (tertiary/aromatic N) is 5.